The Bertz CT molecular complexity index is 461. The summed E-state index contributed by atoms with van der Waals surface area (Å²) >= 11 is 0. The molecule has 0 saturated heterocycles. The molecule has 0 aliphatic heterocycles. The molecule has 0 amide bonds. The molecular formula is C12H16N4. The zero-order valence-electron chi connectivity index (χ0n) is 9.59. The average molecular weight is 216 g/mol. The van der Waals surface area contributed by atoms with Crippen molar-refractivity contribution in [1.29, 1.82) is 0 Å². The molecule has 4 nitrogen and oxygen atoms in total. The number of aromatic nitrogens is 3. The van der Waals surface area contributed by atoms with Crippen LogP contribution in [-0.4, -0.2) is 14.8 Å². The van der Waals surface area contributed by atoms with Gasteiger partial charge in [-0.1, -0.05) is 30.3 Å². The Morgan fingerprint density at radius 3 is 2.56 bits per heavy atom. The van der Waals surface area contributed by atoms with Crippen molar-refractivity contribution in [1.82, 2.24) is 14.8 Å². The lowest BCUT2D eigenvalue weighted by molar-refractivity contribution is 0.643. The maximum absolute atomic E-state index is 6.18. The van der Waals surface area contributed by atoms with Crippen LogP contribution in [0.3, 0.4) is 0 Å². The molecule has 0 bridgehead atoms. The van der Waals surface area contributed by atoms with Crippen LogP contribution in [0.25, 0.3) is 0 Å². The summed E-state index contributed by atoms with van der Waals surface area (Å²) in [7, 11) is 0. The summed E-state index contributed by atoms with van der Waals surface area (Å²) < 4.78 is 2.04. The Morgan fingerprint density at radius 2 is 1.94 bits per heavy atom. The van der Waals surface area contributed by atoms with Crippen molar-refractivity contribution < 1.29 is 0 Å². The molecule has 16 heavy (non-hydrogen) atoms. The highest BCUT2D eigenvalue weighted by molar-refractivity contribution is 5.24. The molecule has 1 aromatic carbocycles. The predicted molar refractivity (Wildman–Crippen MR) is 62.9 cm³/mol. The maximum atomic E-state index is 6.18. The summed E-state index contributed by atoms with van der Waals surface area (Å²) in [5.74, 6) is 1.73. The Kier molecular flexibility index (Phi) is 3.01. The second-order valence-corrected chi connectivity index (χ2v) is 3.74. The number of nitrogens with zero attached hydrogens (tertiary/aromatic N) is 3. The van der Waals surface area contributed by atoms with Crippen LogP contribution in [0.15, 0.2) is 30.3 Å². The molecule has 1 aromatic heterocycles. The van der Waals surface area contributed by atoms with E-state index in [1.807, 2.05) is 41.8 Å². The molecule has 2 aromatic rings. The van der Waals surface area contributed by atoms with Crippen LogP contribution >= 0.6 is 0 Å². The zero-order chi connectivity index (χ0) is 11.5. The molecule has 0 spiro atoms. The van der Waals surface area contributed by atoms with E-state index >= 15 is 0 Å². The van der Waals surface area contributed by atoms with E-state index < -0.39 is 0 Å². The minimum absolute atomic E-state index is 0.206. The van der Waals surface area contributed by atoms with E-state index in [1.165, 1.54) is 0 Å². The van der Waals surface area contributed by atoms with Crippen LogP contribution in [0, 0.1) is 6.92 Å². The molecule has 84 valence electrons. The Labute approximate surface area is 95.1 Å². The number of hydrogen-bond donors (Lipinski definition) is 1. The van der Waals surface area contributed by atoms with E-state index in [9.17, 15) is 0 Å². The summed E-state index contributed by atoms with van der Waals surface area (Å²) in [6.07, 6.45) is 0. The minimum Gasteiger partial charge on any atom is -0.318 e. The molecule has 0 fully saturated rings. The van der Waals surface area contributed by atoms with Gasteiger partial charge in [-0.25, -0.2) is 0 Å². The van der Waals surface area contributed by atoms with Gasteiger partial charge in [-0.3, -0.25) is 0 Å². The minimum atomic E-state index is -0.206. The van der Waals surface area contributed by atoms with Gasteiger partial charge >= 0.3 is 0 Å². The normalized spacial score (nSPS) is 12.7. The van der Waals surface area contributed by atoms with E-state index in [4.69, 9.17) is 5.73 Å². The molecule has 1 heterocycles. The monoisotopic (exact) mass is 216 g/mol. The lowest BCUT2D eigenvalue weighted by Gasteiger charge is -2.12. The SMILES string of the molecule is CCn1c(C)nnc1[C@H](N)c1ccccc1. The van der Waals surface area contributed by atoms with Crippen molar-refractivity contribution in [2.24, 2.45) is 5.73 Å². The molecule has 0 saturated carbocycles. The van der Waals surface area contributed by atoms with Crippen LogP contribution in [0.4, 0.5) is 0 Å². The van der Waals surface area contributed by atoms with Crippen LogP contribution < -0.4 is 5.73 Å². The molecule has 2 N–H and O–H groups in total. The third kappa shape index (κ3) is 1.84. The van der Waals surface area contributed by atoms with Crippen LogP contribution in [0.1, 0.15) is 30.2 Å². The fourth-order valence-corrected chi connectivity index (χ4v) is 1.83. The van der Waals surface area contributed by atoms with Gasteiger partial charge in [0.2, 0.25) is 0 Å². The third-order valence-electron chi connectivity index (χ3n) is 2.72. The van der Waals surface area contributed by atoms with E-state index in [1.54, 1.807) is 0 Å². The summed E-state index contributed by atoms with van der Waals surface area (Å²) in [6.45, 7) is 4.85. The number of benzene rings is 1. The quantitative estimate of drug-likeness (QED) is 0.848. The first-order valence-electron chi connectivity index (χ1n) is 5.44. The van der Waals surface area contributed by atoms with Gasteiger partial charge in [-0.15, -0.1) is 10.2 Å². The van der Waals surface area contributed by atoms with Crippen LogP contribution in [0.2, 0.25) is 0 Å². The summed E-state index contributed by atoms with van der Waals surface area (Å²) in [5, 5.41) is 8.22. The van der Waals surface area contributed by atoms with Crippen molar-refractivity contribution in [3.63, 3.8) is 0 Å². The van der Waals surface area contributed by atoms with Crippen molar-refractivity contribution in [2.75, 3.05) is 0 Å². The Balaban J connectivity index is 2.38. The summed E-state index contributed by atoms with van der Waals surface area (Å²) in [4.78, 5) is 0. The first kappa shape index (κ1) is 10.8. The zero-order valence-corrected chi connectivity index (χ0v) is 9.59. The van der Waals surface area contributed by atoms with Crippen molar-refractivity contribution >= 4 is 0 Å². The topological polar surface area (TPSA) is 56.7 Å². The van der Waals surface area contributed by atoms with Crippen molar-refractivity contribution in [3.8, 4) is 0 Å². The standard InChI is InChI=1S/C12H16N4/c1-3-16-9(2)14-15-12(16)11(13)10-7-5-4-6-8-10/h4-8,11H,3,13H2,1-2H3/t11-/m1/s1. The summed E-state index contributed by atoms with van der Waals surface area (Å²) in [6, 6.07) is 9.75. The summed E-state index contributed by atoms with van der Waals surface area (Å²) in [5.41, 5.74) is 7.24. The van der Waals surface area contributed by atoms with Crippen LogP contribution in [0.5, 0.6) is 0 Å². The number of aryl methyl sites for hydroxylation is 1. The Hall–Kier alpha value is -1.68. The molecule has 1 atom stereocenters. The number of hydrogen-bond acceptors (Lipinski definition) is 3. The van der Waals surface area contributed by atoms with E-state index in [2.05, 4.69) is 17.1 Å². The molecule has 0 radical (unpaired) electrons. The van der Waals surface area contributed by atoms with Crippen LogP contribution in [-0.2, 0) is 6.54 Å². The molecule has 0 aliphatic rings. The third-order valence-corrected chi connectivity index (χ3v) is 2.72. The second kappa shape index (κ2) is 4.45. The van der Waals surface area contributed by atoms with Gasteiger partial charge in [0.1, 0.15) is 5.82 Å². The Morgan fingerprint density at radius 1 is 1.25 bits per heavy atom. The second-order valence-electron chi connectivity index (χ2n) is 3.74. The molecule has 4 heteroatoms. The van der Waals surface area contributed by atoms with Crippen molar-refractivity contribution in [2.45, 2.75) is 26.4 Å². The smallest absolute Gasteiger partial charge is 0.154 e. The molecule has 0 aliphatic carbocycles. The fourth-order valence-electron chi connectivity index (χ4n) is 1.83. The average Bonchev–Trinajstić information content (AvgIpc) is 2.70. The molecular weight excluding hydrogens is 200 g/mol. The number of rotatable bonds is 3. The van der Waals surface area contributed by atoms with E-state index in [0.29, 0.717) is 0 Å². The lowest BCUT2D eigenvalue weighted by Crippen LogP contribution is -2.18. The maximum Gasteiger partial charge on any atom is 0.154 e. The lowest BCUT2D eigenvalue weighted by atomic mass is 10.1. The van der Waals surface area contributed by atoms with Gasteiger partial charge in [0.05, 0.1) is 6.04 Å². The largest absolute Gasteiger partial charge is 0.318 e. The highest BCUT2D eigenvalue weighted by atomic mass is 15.3. The van der Waals surface area contributed by atoms with Gasteiger partial charge < -0.3 is 10.3 Å². The van der Waals surface area contributed by atoms with Crippen molar-refractivity contribution in [3.05, 3.63) is 47.5 Å². The van der Waals surface area contributed by atoms with Gasteiger partial charge in [0.25, 0.3) is 0 Å². The molecule has 2 rings (SSSR count). The first-order chi connectivity index (χ1) is 7.74. The highest BCUT2D eigenvalue weighted by Gasteiger charge is 2.16. The first-order valence-corrected chi connectivity index (χ1v) is 5.44. The van der Waals surface area contributed by atoms with Gasteiger partial charge in [-0.2, -0.15) is 0 Å². The number of nitrogens with two attached hydrogens (primary N) is 1. The molecule has 0 unspecified atom stereocenters. The fraction of sp³-hybridized carbons (Fsp3) is 0.333. The van der Waals surface area contributed by atoms with E-state index in [-0.39, 0.29) is 6.04 Å². The van der Waals surface area contributed by atoms with Gasteiger partial charge in [0.15, 0.2) is 5.82 Å². The van der Waals surface area contributed by atoms with E-state index in [0.717, 1.165) is 23.8 Å². The predicted octanol–water partition coefficient (Wildman–Crippen LogP) is 1.65. The van der Waals surface area contributed by atoms with Gasteiger partial charge in [0, 0.05) is 6.54 Å². The highest BCUT2D eigenvalue weighted by Crippen LogP contribution is 2.18. The van der Waals surface area contributed by atoms with Gasteiger partial charge in [-0.05, 0) is 19.4 Å².